The first-order chi connectivity index (χ1) is 15.6. The van der Waals surface area contributed by atoms with E-state index >= 15 is 0 Å². The van der Waals surface area contributed by atoms with Crippen LogP contribution in [0.2, 0.25) is 0 Å². The number of aromatic carboxylic acids is 1. The first-order valence-corrected chi connectivity index (χ1v) is 9.85. The van der Waals surface area contributed by atoms with Gasteiger partial charge in [0.05, 0.1) is 16.6 Å². The van der Waals surface area contributed by atoms with E-state index in [1.165, 1.54) is 24.4 Å². The van der Waals surface area contributed by atoms with Crippen LogP contribution in [0.15, 0.2) is 72.9 Å². The Morgan fingerprint density at radius 3 is 2.36 bits per heavy atom. The summed E-state index contributed by atoms with van der Waals surface area (Å²) >= 11 is 0. The standard InChI is InChI=1S/C25H17F3N2O3/c1-14-3-2-4-20(22(14)15-5-8-18(9-6-15)25(26,27)28)23(31)30-19-10-7-16-11-17(24(32)33)13-29-21(16)12-19/h2-13H,1H3,(H,30,31)(H,32,33). The van der Waals surface area contributed by atoms with Gasteiger partial charge < -0.3 is 10.4 Å². The van der Waals surface area contributed by atoms with Crippen LogP contribution >= 0.6 is 0 Å². The third-order valence-corrected chi connectivity index (χ3v) is 5.21. The van der Waals surface area contributed by atoms with Crippen LogP contribution in [0.1, 0.15) is 31.8 Å². The van der Waals surface area contributed by atoms with Crippen molar-refractivity contribution in [2.45, 2.75) is 13.1 Å². The molecule has 0 bridgehead atoms. The van der Waals surface area contributed by atoms with Gasteiger partial charge in [0.15, 0.2) is 0 Å². The molecule has 0 unspecified atom stereocenters. The zero-order valence-electron chi connectivity index (χ0n) is 17.3. The summed E-state index contributed by atoms with van der Waals surface area (Å²) in [6.45, 7) is 1.78. The highest BCUT2D eigenvalue weighted by Gasteiger charge is 2.30. The van der Waals surface area contributed by atoms with Gasteiger partial charge in [-0.25, -0.2) is 4.79 Å². The predicted molar refractivity (Wildman–Crippen MR) is 118 cm³/mol. The number of fused-ring (bicyclic) bond motifs is 1. The zero-order chi connectivity index (χ0) is 23.8. The summed E-state index contributed by atoms with van der Waals surface area (Å²) < 4.78 is 38.8. The summed E-state index contributed by atoms with van der Waals surface area (Å²) in [5, 5.41) is 12.5. The number of pyridine rings is 1. The van der Waals surface area contributed by atoms with Gasteiger partial charge >= 0.3 is 12.1 Å². The lowest BCUT2D eigenvalue weighted by molar-refractivity contribution is -0.137. The fourth-order valence-electron chi connectivity index (χ4n) is 3.58. The molecule has 8 heteroatoms. The van der Waals surface area contributed by atoms with Crippen molar-refractivity contribution >= 4 is 28.5 Å². The molecule has 0 aliphatic heterocycles. The van der Waals surface area contributed by atoms with Crippen molar-refractivity contribution in [1.29, 1.82) is 0 Å². The van der Waals surface area contributed by atoms with Crippen molar-refractivity contribution < 1.29 is 27.9 Å². The van der Waals surface area contributed by atoms with E-state index in [4.69, 9.17) is 5.11 Å². The van der Waals surface area contributed by atoms with Crippen molar-refractivity contribution in [3.8, 4) is 11.1 Å². The fraction of sp³-hybridized carbons (Fsp3) is 0.0800. The van der Waals surface area contributed by atoms with E-state index in [1.807, 2.05) is 0 Å². The van der Waals surface area contributed by atoms with Crippen LogP contribution in [-0.4, -0.2) is 22.0 Å². The van der Waals surface area contributed by atoms with Crippen molar-refractivity contribution in [3.05, 3.63) is 95.2 Å². The number of carbonyl (C=O) groups is 2. The molecule has 0 aliphatic rings. The predicted octanol–water partition coefficient (Wildman–Crippen LogP) is 6.18. The van der Waals surface area contributed by atoms with E-state index in [2.05, 4.69) is 10.3 Å². The number of carboxylic acids is 1. The van der Waals surface area contributed by atoms with Crippen molar-refractivity contribution in [2.24, 2.45) is 0 Å². The van der Waals surface area contributed by atoms with Gasteiger partial charge in [-0.3, -0.25) is 9.78 Å². The summed E-state index contributed by atoms with van der Waals surface area (Å²) in [4.78, 5) is 28.3. The number of amides is 1. The van der Waals surface area contributed by atoms with E-state index in [9.17, 15) is 22.8 Å². The maximum atomic E-state index is 13.1. The Balaban J connectivity index is 1.66. The number of nitrogens with zero attached hydrogens (tertiary/aromatic N) is 1. The maximum absolute atomic E-state index is 13.1. The number of halogens is 3. The van der Waals surface area contributed by atoms with Crippen LogP contribution in [0.3, 0.4) is 0 Å². The maximum Gasteiger partial charge on any atom is 0.416 e. The third-order valence-electron chi connectivity index (χ3n) is 5.21. The molecule has 4 aromatic rings. The molecule has 5 nitrogen and oxygen atoms in total. The molecule has 0 fully saturated rings. The molecule has 3 aromatic carbocycles. The normalized spacial score (nSPS) is 11.4. The van der Waals surface area contributed by atoms with Crippen LogP contribution in [0.25, 0.3) is 22.0 Å². The molecule has 1 amide bonds. The number of hydrogen-bond donors (Lipinski definition) is 2. The first-order valence-electron chi connectivity index (χ1n) is 9.85. The van der Waals surface area contributed by atoms with Gasteiger partial charge in [-0.15, -0.1) is 0 Å². The van der Waals surface area contributed by atoms with Crippen LogP contribution in [-0.2, 0) is 6.18 Å². The zero-order valence-corrected chi connectivity index (χ0v) is 17.3. The molecule has 0 spiro atoms. The first kappa shape index (κ1) is 22.0. The number of rotatable bonds is 4. The second-order valence-electron chi connectivity index (χ2n) is 7.46. The minimum Gasteiger partial charge on any atom is -0.478 e. The van der Waals surface area contributed by atoms with Crippen LogP contribution in [0, 0.1) is 6.92 Å². The summed E-state index contributed by atoms with van der Waals surface area (Å²) in [6, 6.07) is 16.1. The Hall–Kier alpha value is -4.20. The lowest BCUT2D eigenvalue weighted by Gasteiger charge is -2.14. The Bertz CT molecular complexity index is 1380. The number of aryl methyl sites for hydroxylation is 1. The molecular weight excluding hydrogens is 433 g/mol. The fourth-order valence-corrected chi connectivity index (χ4v) is 3.58. The summed E-state index contributed by atoms with van der Waals surface area (Å²) in [5.41, 5.74) is 2.32. The Morgan fingerprint density at radius 2 is 1.70 bits per heavy atom. The average molecular weight is 450 g/mol. The average Bonchev–Trinajstić information content (AvgIpc) is 2.78. The van der Waals surface area contributed by atoms with Gasteiger partial charge in [-0.05, 0) is 60.0 Å². The molecule has 0 saturated carbocycles. The Labute approximate surface area is 186 Å². The smallest absolute Gasteiger partial charge is 0.416 e. The van der Waals surface area contributed by atoms with E-state index in [0.717, 1.165) is 17.7 Å². The molecule has 1 heterocycles. The molecule has 0 radical (unpaired) electrons. The third kappa shape index (κ3) is 4.55. The largest absolute Gasteiger partial charge is 0.478 e. The van der Waals surface area contributed by atoms with E-state index in [1.54, 1.807) is 43.3 Å². The number of nitrogens with one attached hydrogen (secondary N) is 1. The van der Waals surface area contributed by atoms with Crippen molar-refractivity contribution in [3.63, 3.8) is 0 Å². The molecule has 1 aromatic heterocycles. The molecule has 4 rings (SSSR count). The summed E-state index contributed by atoms with van der Waals surface area (Å²) in [5.74, 6) is -1.52. The minimum absolute atomic E-state index is 0.0558. The number of carboxylic acid groups (broad SMARTS) is 1. The number of hydrogen-bond acceptors (Lipinski definition) is 3. The van der Waals surface area contributed by atoms with Gasteiger partial charge in [0.2, 0.25) is 0 Å². The molecular formula is C25H17F3N2O3. The van der Waals surface area contributed by atoms with E-state index in [0.29, 0.717) is 33.3 Å². The number of benzene rings is 3. The second kappa shape index (κ2) is 8.38. The van der Waals surface area contributed by atoms with E-state index in [-0.39, 0.29) is 5.56 Å². The Morgan fingerprint density at radius 1 is 0.970 bits per heavy atom. The minimum atomic E-state index is -4.44. The number of anilines is 1. The van der Waals surface area contributed by atoms with Crippen molar-refractivity contribution in [1.82, 2.24) is 4.98 Å². The molecule has 33 heavy (non-hydrogen) atoms. The topological polar surface area (TPSA) is 79.3 Å². The lowest BCUT2D eigenvalue weighted by Crippen LogP contribution is -2.14. The monoisotopic (exact) mass is 450 g/mol. The molecule has 0 atom stereocenters. The van der Waals surface area contributed by atoms with Crippen LogP contribution in [0.5, 0.6) is 0 Å². The highest BCUT2D eigenvalue weighted by molar-refractivity contribution is 6.09. The Kier molecular flexibility index (Phi) is 5.59. The number of carbonyl (C=O) groups excluding carboxylic acids is 1. The molecule has 0 saturated heterocycles. The van der Waals surface area contributed by atoms with E-state index < -0.39 is 23.6 Å². The van der Waals surface area contributed by atoms with Crippen molar-refractivity contribution in [2.75, 3.05) is 5.32 Å². The molecule has 2 N–H and O–H groups in total. The van der Waals surface area contributed by atoms with Gasteiger partial charge in [0.25, 0.3) is 5.91 Å². The van der Waals surface area contributed by atoms with Gasteiger partial charge in [0, 0.05) is 22.8 Å². The highest BCUT2D eigenvalue weighted by Crippen LogP contribution is 2.33. The van der Waals surface area contributed by atoms with Gasteiger partial charge in [-0.2, -0.15) is 13.2 Å². The second-order valence-corrected chi connectivity index (χ2v) is 7.46. The lowest BCUT2D eigenvalue weighted by atomic mass is 9.94. The van der Waals surface area contributed by atoms with Gasteiger partial charge in [-0.1, -0.05) is 30.3 Å². The van der Waals surface area contributed by atoms with Gasteiger partial charge in [0.1, 0.15) is 0 Å². The molecule has 0 aliphatic carbocycles. The quantitative estimate of drug-likeness (QED) is 0.389. The van der Waals surface area contributed by atoms with Crippen LogP contribution < -0.4 is 5.32 Å². The number of aromatic nitrogens is 1. The van der Waals surface area contributed by atoms with Crippen LogP contribution in [0.4, 0.5) is 18.9 Å². The molecule has 166 valence electrons. The highest BCUT2D eigenvalue weighted by atomic mass is 19.4. The number of alkyl halides is 3. The summed E-state index contributed by atoms with van der Waals surface area (Å²) in [7, 11) is 0. The SMILES string of the molecule is Cc1cccc(C(=O)Nc2ccc3cc(C(=O)O)cnc3c2)c1-c1ccc(C(F)(F)F)cc1. The summed E-state index contributed by atoms with van der Waals surface area (Å²) in [6.07, 6.45) is -3.21.